The molecule has 0 unspecified atom stereocenters. The zero-order chi connectivity index (χ0) is 16.5. The zero-order valence-corrected chi connectivity index (χ0v) is 14.2. The van der Waals surface area contributed by atoms with Gasteiger partial charge in [0.1, 0.15) is 0 Å². The Balaban J connectivity index is 1.76. The van der Waals surface area contributed by atoms with Gasteiger partial charge in [-0.05, 0) is 69.4 Å². The van der Waals surface area contributed by atoms with E-state index in [0.717, 1.165) is 30.9 Å². The summed E-state index contributed by atoms with van der Waals surface area (Å²) in [5, 5.41) is 0. The summed E-state index contributed by atoms with van der Waals surface area (Å²) in [4.78, 5) is 2.23. The first kappa shape index (κ1) is 15.1. The normalized spacial score (nSPS) is 13.1. The number of pyridine rings is 1. The summed E-state index contributed by atoms with van der Waals surface area (Å²) in [7, 11) is 4.24. The fraction of sp³-hybridized carbons (Fsp3) is 0.300. The van der Waals surface area contributed by atoms with E-state index in [1.165, 1.54) is 22.3 Å². The molecule has 4 nitrogen and oxygen atoms in total. The van der Waals surface area contributed by atoms with Gasteiger partial charge in [0.05, 0.1) is 0 Å². The summed E-state index contributed by atoms with van der Waals surface area (Å²) in [5.41, 5.74) is 5.04. The predicted molar refractivity (Wildman–Crippen MR) is 95.8 cm³/mol. The molecule has 4 heteroatoms. The average Bonchev–Trinajstić information content (AvgIpc) is 3.18. The molecule has 0 atom stereocenters. The second-order valence-electron chi connectivity index (χ2n) is 6.48. The van der Waals surface area contributed by atoms with Crippen LogP contribution in [0.1, 0.15) is 12.1 Å². The molecule has 3 aromatic rings. The molecule has 1 aromatic carbocycles. The summed E-state index contributed by atoms with van der Waals surface area (Å²) in [6.45, 7) is 1.40. The summed E-state index contributed by atoms with van der Waals surface area (Å²) >= 11 is 0. The van der Waals surface area contributed by atoms with Crippen LogP contribution >= 0.6 is 0 Å². The van der Waals surface area contributed by atoms with E-state index in [1.807, 2.05) is 6.07 Å². The van der Waals surface area contributed by atoms with Crippen molar-refractivity contribution in [3.8, 4) is 22.6 Å². The van der Waals surface area contributed by atoms with E-state index in [1.54, 1.807) is 0 Å². The Labute approximate surface area is 142 Å². The maximum Gasteiger partial charge on any atom is 0.231 e. The Morgan fingerprint density at radius 3 is 2.79 bits per heavy atom. The van der Waals surface area contributed by atoms with Crippen LogP contribution in [0.4, 0.5) is 0 Å². The van der Waals surface area contributed by atoms with E-state index in [-0.39, 0.29) is 0 Å². The van der Waals surface area contributed by atoms with Crippen molar-refractivity contribution >= 4 is 5.52 Å². The number of aromatic nitrogens is 1. The predicted octanol–water partition coefficient (Wildman–Crippen LogP) is 3.83. The highest BCUT2D eigenvalue weighted by Gasteiger charge is 2.17. The van der Waals surface area contributed by atoms with Crippen LogP contribution in [-0.4, -0.2) is 36.7 Å². The molecule has 0 aliphatic carbocycles. The van der Waals surface area contributed by atoms with Gasteiger partial charge < -0.3 is 18.8 Å². The van der Waals surface area contributed by atoms with Crippen molar-refractivity contribution in [3.63, 3.8) is 0 Å². The molecule has 24 heavy (non-hydrogen) atoms. The quantitative estimate of drug-likeness (QED) is 0.714. The lowest BCUT2D eigenvalue weighted by atomic mass is 10.0. The Bertz CT molecular complexity index is 867. The van der Waals surface area contributed by atoms with E-state index in [2.05, 4.69) is 66.0 Å². The standard InChI is InChI=1S/C20H22N2O2/c1-21(2)10-5-7-18-17(13-16-6-3-4-11-22(16)18)15-8-9-19-20(12-15)24-14-23-19/h3-4,6,8-9,11-13H,5,7,10,14H2,1-2H3. The maximum atomic E-state index is 5.55. The Morgan fingerprint density at radius 2 is 1.92 bits per heavy atom. The van der Waals surface area contributed by atoms with Crippen LogP contribution in [0, 0.1) is 0 Å². The molecule has 0 fully saturated rings. The maximum absolute atomic E-state index is 5.55. The SMILES string of the molecule is CN(C)CCCc1c(-c2ccc3c(c2)OCO3)cc2ccccn12. The number of aryl methyl sites for hydroxylation is 1. The van der Waals surface area contributed by atoms with Crippen LogP contribution < -0.4 is 9.47 Å². The van der Waals surface area contributed by atoms with Crippen LogP contribution in [0.3, 0.4) is 0 Å². The third-order valence-electron chi connectivity index (χ3n) is 4.49. The van der Waals surface area contributed by atoms with Gasteiger partial charge in [0.2, 0.25) is 6.79 Å². The van der Waals surface area contributed by atoms with E-state index < -0.39 is 0 Å². The Hall–Kier alpha value is -2.46. The molecule has 0 bridgehead atoms. The monoisotopic (exact) mass is 322 g/mol. The fourth-order valence-corrected chi connectivity index (χ4v) is 3.31. The van der Waals surface area contributed by atoms with Gasteiger partial charge in [-0.1, -0.05) is 12.1 Å². The van der Waals surface area contributed by atoms with Crippen LogP contribution in [0.15, 0.2) is 48.7 Å². The van der Waals surface area contributed by atoms with Gasteiger partial charge in [-0.3, -0.25) is 0 Å². The first-order valence-corrected chi connectivity index (χ1v) is 8.36. The average molecular weight is 322 g/mol. The van der Waals surface area contributed by atoms with E-state index in [0.29, 0.717) is 6.79 Å². The summed E-state index contributed by atoms with van der Waals surface area (Å²) in [6.07, 6.45) is 4.32. The third kappa shape index (κ3) is 2.74. The van der Waals surface area contributed by atoms with Gasteiger partial charge in [0.25, 0.3) is 0 Å². The molecule has 0 radical (unpaired) electrons. The zero-order valence-electron chi connectivity index (χ0n) is 14.2. The Morgan fingerprint density at radius 1 is 1.04 bits per heavy atom. The highest BCUT2D eigenvalue weighted by Crippen LogP contribution is 2.38. The second-order valence-corrected chi connectivity index (χ2v) is 6.48. The molecule has 3 heterocycles. The number of nitrogens with zero attached hydrogens (tertiary/aromatic N) is 2. The lowest BCUT2D eigenvalue weighted by Crippen LogP contribution is -2.14. The summed E-state index contributed by atoms with van der Waals surface area (Å²) < 4.78 is 13.3. The number of benzene rings is 1. The van der Waals surface area contributed by atoms with Crippen LogP contribution in [-0.2, 0) is 6.42 Å². The van der Waals surface area contributed by atoms with Crippen molar-refractivity contribution in [2.24, 2.45) is 0 Å². The highest BCUT2D eigenvalue weighted by molar-refractivity contribution is 5.75. The molecule has 0 spiro atoms. The second kappa shape index (κ2) is 6.21. The van der Waals surface area contributed by atoms with Gasteiger partial charge in [0.15, 0.2) is 11.5 Å². The summed E-state index contributed by atoms with van der Waals surface area (Å²) in [5.74, 6) is 1.67. The third-order valence-corrected chi connectivity index (χ3v) is 4.49. The number of fused-ring (bicyclic) bond motifs is 2. The molecule has 2 aromatic heterocycles. The first-order chi connectivity index (χ1) is 11.7. The van der Waals surface area contributed by atoms with Crippen LogP contribution in [0.2, 0.25) is 0 Å². The molecule has 0 amide bonds. The van der Waals surface area contributed by atoms with Gasteiger partial charge >= 0.3 is 0 Å². The molecule has 124 valence electrons. The minimum absolute atomic E-state index is 0.312. The molecule has 0 saturated heterocycles. The van der Waals surface area contributed by atoms with Gasteiger partial charge in [-0.2, -0.15) is 0 Å². The molecule has 0 saturated carbocycles. The van der Waals surface area contributed by atoms with Gasteiger partial charge in [-0.15, -0.1) is 0 Å². The topological polar surface area (TPSA) is 26.1 Å². The van der Waals surface area contributed by atoms with E-state index >= 15 is 0 Å². The van der Waals surface area contributed by atoms with E-state index in [9.17, 15) is 0 Å². The number of hydrogen-bond donors (Lipinski definition) is 0. The molecular formula is C20H22N2O2. The van der Waals surface area contributed by atoms with Crippen molar-refractivity contribution in [2.45, 2.75) is 12.8 Å². The van der Waals surface area contributed by atoms with Crippen LogP contribution in [0.5, 0.6) is 11.5 Å². The molecular weight excluding hydrogens is 300 g/mol. The molecule has 1 aliphatic rings. The van der Waals surface area contributed by atoms with Crippen molar-refractivity contribution < 1.29 is 9.47 Å². The minimum Gasteiger partial charge on any atom is -0.454 e. The minimum atomic E-state index is 0.312. The smallest absolute Gasteiger partial charge is 0.231 e. The Kier molecular flexibility index (Phi) is 3.90. The van der Waals surface area contributed by atoms with Gasteiger partial charge in [0, 0.05) is 23.0 Å². The summed E-state index contributed by atoms with van der Waals surface area (Å²) in [6, 6.07) is 14.8. The van der Waals surface area contributed by atoms with Crippen molar-refractivity contribution in [1.82, 2.24) is 9.30 Å². The number of ether oxygens (including phenoxy) is 2. The lowest BCUT2D eigenvalue weighted by molar-refractivity contribution is 0.174. The van der Waals surface area contributed by atoms with Crippen molar-refractivity contribution in [2.75, 3.05) is 27.4 Å². The molecule has 1 aliphatic heterocycles. The first-order valence-electron chi connectivity index (χ1n) is 8.36. The fourth-order valence-electron chi connectivity index (χ4n) is 3.31. The van der Waals surface area contributed by atoms with E-state index in [4.69, 9.17) is 9.47 Å². The number of rotatable bonds is 5. The van der Waals surface area contributed by atoms with Crippen molar-refractivity contribution in [1.29, 1.82) is 0 Å². The lowest BCUT2D eigenvalue weighted by Gasteiger charge is -2.11. The highest BCUT2D eigenvalue weighted by atomic mass is 16.7. The van der Waals surface area contributed by atoms with Crippen molar-refractivity contribution in [3.05, 3.63) is 54.4 Å². The van der Waals surface area contributed by atoms with Gasteiger partial charge in [-0.25, -0.2) is 0 Å². The number of hydrogen-bond acceptors (Lipinski definition) is 3. The molecule has 4 rings (SSSR count). The molecule has 0 N–H and O–H groups in total. The van der Waals surface area contributed by atoms with Crippen LogP contribution in [0.25, 0.3) is 16.6 Å². The largest absolute Gasteiger partial charge is 0.454 e.